The number of hydrogen-bond donors (Lipinski definition) is 2. The molecule has 0 aromatic carbocycles. The maximum atomic E-state index is 10.2. The van der Waals surface area contributed by atoms with Gasteiger partial charge in [-0.3, -0.25) is 5.41 Å². The minimum absolute atomic E-state index is 0.0162. The Morgan fingerprint density at radius 2 is 1.64 bits per heavy atom. The Kier molecular flexibility index (Phi) is 6.70. The van der Waals surface area contributed by atoms with Crippen LogP contribution < -0.4 is 5.49 Å². The molecule has 4 atom stereocenters. The summed E-state index contributed by atoms with van der Waals surface area (Å²) in [5.41, 5.74) is 0.788. The molecule has 0 unspecified atom stereocenters. The Morgan fingerprint density at radius 3 is 2.12 bits per heavy atom. The van der Waals surface area contributed by atoms with Crippen LogP contribution in [0.1, 0.15) is 74.0 Å². The number of pyridine rings is 1. The monoisotopic (exact) mass is 496 g/mol. The summed E-state index contributed by atoms with van der Waals surface area (Å²) in [6, 6.07) is 3.41. The Bertz CT molecular complexity index is 912. The third kappa shape index (κ3) is 4.64. The third-order valence-electron chi connectivity index (χ3n) is 7.55. The summed E-state index contributed by atoms with van der Waals surface area (Å²) >= 11 is 0. The van der Waals surface area contributed by atoms with Crippen molar-refractivity contribution < 1.29 is 23.2 Å². The first-order valence-corrected chi connectivity index (χ1v) is 16.6. The van der Waals surface area contributed by atoms with Gasteiger partial charge in [-0.15, -0.1) is 0 Å². The van der Waals surface area contributed by atoms with Gasteiger partial charge in [-0.05, 0) is 24.2 Å². The maximum absolute atomic E-state index is 10.2. The molecule has 33 heavy (non-hydrogen) atoms. The number of aromatic nitrogens is 1. The predicted molar refractivity (Wildman–Crippen MR) is 133 cm³/mol. The van der Waals surface area contributed by atoms with Gasteiger partial charge in [0.15, 0.2) is 13.8 Å². The quantitative estimate of drug-likeness (QED) is 0.427. The SMILES string of the molecule is CC(C)(C)[Si](C)(C)O[C@@H]1[C@@H]2O[Si](C(C)(C)C)(C(C)(C)C)OC[C@H]2O[C@H]1c1ccc(=N)n(O)c1. The van der Waals surface area contributed by atoms with E-state index in [1.807, 2.05) is 6.07 Å². The van der Waals surface area contributed by atoms with Gasteiger partial charge in [-0.25, -0.2) is 0 Å². The molecule has 0 spiro atoms. The minimum Gasteiger partial charge on any atom is -0.427 e. The highest BCUT2D eigenvalue weighted by Gasteiger charge is 2.65. The van der Waals surface area contributed by atoms with Crippen LogP contribution in [0.15, 0.2) is 18.3 Å². The fourth-order valence-electron chi connectivity index (χ4n) is 4.93. The van der Waals surface area contributed by atoms with Crippen molar-refractivity contribution in [3.05, 3.63) is 29.4 Å². The van der Waals surface area contributed by atoms with Gasteiger partial charge < -0.3 is 23.2 Å². The van der Waals surface area contributed by atoms with Crippen LogP contribution >= 0.6 is 0 Å². The van der Waals surface area contributed by atoms with Gasteiger partial charge in [0, 0.05) is 15.6 Å². The number of fused-ring (bicyclic) bond motifs is 1. The van der Waals surface area contributed by atoms with Crippen molar-refractivity contribution in [1.29, 1.82) is 5.41 Å². The Labute approximate surface area is 201 Å². The summed E-state index contributed by atoms with van der Waals surface area (Å²) in [6.07, 6.45) is 0.295. The van der Waals surface area contributed by atoms with Crippen LogP contribution in [0.25, 0.3) is 0 Å². The summed E-state index contributed by atoms with van der Waals surface area (Å²) < 4.78 is 28.1. The van der Waals surface area contributed by atoms with E-state index < -0.39 is 23.0 Å². The molecule has 0 radical (unpaired) electrons. The minimum atomic E-state index is -2.71. The average molecular weight is 497 g/mol. The van der Waals surface area contributed by atoms with Crippen LogP contribution in [-0.2, 0) is 18.0 Å². The molecule has 0 amide bonds. The van der Waals surface area contributed by atoms with Gasteiger partial charge in [0.2, 0.25) is 0 Å². The summed E-state index contributed by atoms with van der Waals surface area (Å²) in [6.45, 7) is 24.9. The average Bonchev–Trinajstić information content (AvgIpc) is 2.98. The molecule has 0 saturated carbocycles. The van der Waals surface area contributed by atoms with Crippen LogP contribution in [0.2, 0.25) is 28.2 Å². The van der Waals surface area contributed by atoms with Crippen molar-refractivity contribution in [2.75, 3.05) is 6.61 Å². The van der Waals surface area contributed by atoms with E-state index in [9.17, 15) is 5.21 Å². The lowest BCUT2D eigenvalue weighted by molar-refractivity contribution is -0.0717. The molecule has 1 aromatic heterocycles. The maximum Gasteiger partial charge on any atom is 0.349 e. The third-order valence-corrected chi connectivity index (χ3v) is 17.2. The predicted octanol–water partition coefficient (Wildman–Crippen LogP) is 5.49. The summed E-state index contributed by atoms with van der Waals surface area (Å²) in [7, 11) is -4.89. The second-order valence-corrected chi connectivity index (χ2v) is 22.7. The highest BCUT2D eigenvalue weighted by Crippen LogP contribution is 2.57. The zero-order valence-corrected chi connectivity index (χ0v) is 24.3. The normalized spacial score (nSPS) is 28.6. The number of nitrogens with zero attached hydrogens (tertiary/aromatic N) is 1. The Morgan fingerprint density at radius 1 is 1.06 bits per heavy atom. The number of ether oxygens (including phenoxy) is 1. The summed E-state index contributed by atoms with van der Waals surface area (Å²) in [5.74, 6) is 0. The van der Waals surface area contributed by atoms with Crippen LogP contribution in [0, 0.1) is 5.41 Å². The van der Waals surface area contributed by atoms with E-state index >= 15 is 0 Å². The van der Waals surface area contributed by atoms with Gasteiger partial charge in [0.25, 0.3) is 0 Å². The first-order chi connectivity index (χ1) is 14.8. The number of rotatable bonds is 3. The molecule has 3 rings (SSSR count). The van der Waals surface area contributed by atoms with E-state index in [2.05, 4.69) is 75.4 Å². The van der Waals surface area contributed by atoms with Gasteiger partial charge in [0.1, 0.15) is 24.4 Å². The smallest absolute Gasteiger partial charge is 0.349 e. The molecular weight excluding hydrogens is 452 g/mol. The van der Waals surface area contributed by atoms with Crippen molar-refractivity contribution >= 4 is 16.9 Å². The van der Waals surface area contributed by atoms with Crippen molar-refractivity contribution in [3.8, 4) is 0 Å². The standard InChI is InChI=1S/C24H44N2O5Si2/c1-22(2,3)32(10,11)30-21-19(16-12-13-18(25)26(27)14-16)29-17-15-28-33(23(4,5)6,24(7,8)9)31-20(17)21/h12-14,17,19-21,25,27H,15H2,1-11H3/t17-,19+,20-,21+/m1/s1. The first-order valence-electron chi connectivity index (χ1n) is 11.9. The second-order valence-electron chi connectivity index (χ2n) is 13.1. The summed E-state index contributed by atoms with van der Waals surface area (Å²) in [5, 5.41) is 17.7. The molecular formula is C24H44N2O5Si2. The fraction of sp³-hybridized carbons (Fsp3) is 0.792. The molecule has 2 aliphatic rings. The lowest BCUT2D eigenvalue weighted by Crippen LogP contribution is -2.66. The number of hydrogen-bond acceptors (Lipinski definition) is 6. The summed E-state index contributed by atoms with van der Waals surface area (Å²) in [4.78, 5) is 0. The zero-order chi connectivity index (χ0) is 25.2. The van der Waals surface area contributed by atoms with Crippen molar-refractivity contribution in [2.45, 2.75) is 115 Å². The van der Waals surface area contributed by atoms with E-state index in [4.69, 9.17) is 23.4 Å². The molecule has 2 saturated heterocycles. The Hall–Kier alpha value is -0.976. The van der Waals surface area contributed by atoms with E-state index in [0.29, 0.717) is 6.61 Å². The van der Waals surface area contributed by atoms with Crippen LogP contribution in [-0.4, -0.2) is 51.7 Å². The molecule has 188 valence electrons. The van der Waals surface area contributed by atoms with E-state index in [1.165, 1.54) is 0 Å². The molecule has 3 heterocycles. The molecule has 9 heteroatoms. The van der Waals surface area contributed by atoms with E-state index in [-0.39, 0.29) is 38.9 Å². The fourth-order valence-corrected chi connectivity index (χ4v) is 11.2. The zero-order valence-electron chi connectivity index (χ0n) is 22.3. The van der Waals surface area contributed by atoms with Gasteiger partial charge in [-0.2, -0.15) is 4.73 Å². The second kappa shape index (κ2) is 8.31. The van der Waals surface area contributed by atoms with Gasteiger partial charge in [0.05, 0.1) is 12.8 Å². The molecule has 2 fully saturated rings. The van der Waals surface area contributed by atoms with Gasteiger partial charge >= 0.3 is 8.56 Å². The molecule has 1 aromatic rings. The molecule has 7 nitrogen and oxygen atoms in total. The van der Waals surface area contributed by atoms with Crippen molar-refractivity contribution in [3.63, 3.8) is 0 Å². The highest BCUT2D eigenvalue weighted by molar-refractivity contribution is 6.74. The van der Waals surface area contributed by atoms with Gasteiger partial charge in [-0.1, -0.05) is 68.4 Å². The lowest BCUT2D eigenvalue weighted by atomic mass is 10.0. The number of nitrogens with one attached hydrogen (secondary N) is 1. The topological polar surface area (TPSA) is 85.9 Å². The lowest BCUT2D eigenvalue weighted by Gasteiger charge is -2.54. The van der Waals surface area contributed by atoms with E-state index in [1.54, 1.807) is 12.3 Å². The van der Waals surface area contributed by atoms with Crippen molar-refractivity contribution in [1.82, 2.24) is 4.73 Å². The van der Waals surface area contributed by atoms with Crippen LogP contribution in [0.5, 0.6) is 0 Å². The largest absolute Gasteiger partial charge is 0.427 e. The molecule has 0 aliphatic carbocycles. The van der Waals surface area contributed by atoms with Crippen molar-refractivity contribution in [2.24, 2.45) is 0 Å². The van der Waals surface area contributed by atoms with Crippen LogP contribution in [0.4, 0.5) is 0 Å². The molecule has 0 bridgehead atoms. The van der Waals surface area contributed by atoms with E-state index in [0.717, 1.165) is 10.3 Å². The Balaban J connectivity index is 2.08. The molecule has 2 aliphatic heterocycles. The van der Waals surface area contributed by atoms with Crippen LogP contribution in [0.3, 0.4) is 0 Å². The highest BCUT2D eigenvalue weighted by atomic mass is 28.4. The molecule has 2 N–H and O–H groups in total. The first kappa shape index (κ1) is 26.6.